The van der Waals surface area contributed by atoms with E-state index in [0.717, 1.165) is 22.0 Å². The van der Waals surface area contributed by atoms with Crippen LogP contribution in [0.15, 0.2) is 35.6 Å². The molecule has 1 heterocycles. The van der Waals surface area contributed by atoms with Crippen LogP contribution in [0.25, 0.3) is 10.9 Å². The highest BCUT2D eigenvalue weighted by atomic mass is 32.1. The molecule has 2 rings (SSSR count). The third-order valence-corrected chi connectivity index (χ3v) is 2.50. The molecular formula is C12H12N4S. The smallest absolute Gasteiger partial charge is 0.184 e. The monoisotopic (exact) mass is 244 g/mol. The van der Waals surface area contributed by atoms with Crippen LogP contribution in [0.5, 0.6) is 0 Å². The second kappa shape index (κ2) is 4.88. The normalized spacial score (nSPS) is 10.9. The van der Waals surface area contributed by atoms with Gasteiger partial charge in [0, 0.05) is 17.1 Å². The molecule has 0 radical (unpaired) electrons. The Labute approximate surface area is 105 Å². The van der Waals surface area contributed by atoms with E-state index in [2.05, 4.69) is 27.7 Å². The van der Waals surface area contributed by atoms with Gasteiger partial charge in [0.25, 0.3) is 0 Å². The molecule has 0 unspecified atom stereocenters. The molecule has 0 bridgehead atoms. The molecule has 2 aromatic rings. The Balaban J connectivity index is 2.47. The van der Waals surface area contributed by atoms with E-state index in [0.29, 0.717) is 0 Å². The fraction of sp³-hybridized carbons (Fsp3) is 0.0833. The number of aromatic nitrogens is 1. The van der Waals surface area contributed by atoms with Gasteiger partial charge in [-0.15, -0.1) is 0 Å². The van der Waals surface area contributed by atoms with Crippen LogP contribution in [0.4, 0.5) is 0 Å². The molecule has 0 amide bonds. The Kier molecular flexibility index (Phi) is 3.30. The molecule has 86 valence electrons. The van der Waals surface area contributed by atoms with Gasteiger partial charge in [-0.1, -0.05) is 12.1 Å². The lowest BCUT2D eigenvalue weighted by molar-refractivity contribution is 1.04. The summed E-state index contributed by atoms with van der Waals surface area (Å²) in [6.07, 6.45) is 3.48. The SMILES string of the molecule is Cc1ccc2ncccc2c1C=NNC(N)=S. The average molecular weight is 244 g/mol. The van der Waals surface area contributed by atoms with Crippen molar-refractivity contribution < 1.29 is 0 Å². The second-order valence-electron chi connectivity index (χ2n) is 3.60. The van der Waals surface area contributed by atoms with E-state index in [1.54, 1.807) is 12.4 Å². The predicted molar refractivity (Wildman–Crippen MR) is 74.0 cm³/mol. The van der Waals surface area contributed by atoms with Crippen LogP contribution in [-0.4, -0.2) is 16.3 Å². The number of rotatable bonds is 2. The maximum Gasteiger partial charge on any atom is 0.184 e. The van der Waals surface area contributed by atoms with Gasteiger partial charge in [0.15, 0.2) is 5.11 Å². The molecule has 0 saturated carbocycles. The Bertz CT molecular complexity index is 592. The number of thiocarbonyl (C=S) groups is 1. The van der Waals surface area contributed by atoms with Crippen LogP contribution in [0.1, 0.15) is 11.1 Å². The van der Waals surface area contributed by atoms with Crippen LogP contribution in [0, 0.1) is 6.92 Å². The number of benzene rings is 1. The Morgan fingerprint density at radius 3 is 3.06 bits per heavy atom. The first-order valence-corrected chi connectivity index (χ1v) is 5.52. The van der Waals surface area contributed by atoms with E-state index in [4.69, 9.17) is 5.73 Å². The zero-order valence-corrected chi connectivity index (χ0v) is 10.2. The summed E-state index contributed by atoms with van der Waals surface area (Å²) in [5.74, 6) is 0. The fourth-order valence-corrected chi connectivity index (χ4v) is 1.67. The number of hydrazone groups is 1. The van der Waals surface area contributed by atoms with Gasteiger partial charge in [-0.3, -0.25) is 10.4 Å². The number of pyridine rings is 1. The van der Waals surface area contributed by atoms with Crippen molar-refractivity contribution in [1.82, 2.24) is 10.4 Å². The lowest BCUT2D eigenvalue weighted by atomic mass is 10.0. The third kappa shape index (κ3) is 2.57. The molecular weight excluding hydrogens is 232 g/mol. The molecule has 0 fully saturated rings. The first kappa shape index (κ1) is 11.5. The van der Waals surface area contributed by atoms with Gasteiger partial charge in [-0.2, -0.15) is 5.10 Å². The summed E-state index contributed by atoms with van der Waals surface area (Å²) in [5.41, 5.74) is 10.9. The molecule has 1 aromatic carbocycles. The van der Waals surface area contributed by atoms with E-state index < -0.39 is 0 Å². The average Bonchev–Trinajstić information content (AvgIpc) is 2.32. The molecule has 0 aliphatic carbocycles. The Hall–Kier alpha value is -2.01. The van der Waals surface area contributed by atoms with Crippen molar-refractivity contribution in [1.29, 1.82) is 0 Å². The van der Waals surface area contributed by atoms with Crippen molar-refractivity contribution in [3.63, 3.8) is 0 Å². The summed E-state index contributed by atoms with van der Waals surface area (Å²) in [5, 5.41) is 5.19. The Morgan fingerprint density at radius 1 is 1.47 bits per heavy atom. The molecule has 0 spiro atoms. The van der Waals surface area contributed by atoms with Crippen LogP contribution >= 0.6 is 12.2 Å². The number of hydrogen-bond donors (Lipinski definition) is 2. The maximum absolute atomic E-state index is 5.30. The number of nitrogens with two attached hydrogens (primary N) is 1. The summed E-state index contributed by atoms with van der Waals surface area (Å²) in [7, 11) is 0. The molecule has 0 aliphatic rings. The minimum atomic E-state index is 0.150. The van der Waals surface area contributed by atoms with E-state index in [-0.39, 0.29) is 5.11 Å². The van der Waals surface area contributed by atoms with E-state index >= 15 is 0 Å². The lowest BCUT2D eigenvalue weighted by Gasteiger charge is -2.04. The number of aryl methyl sites for hydroxylation is 1. The largest absolute Gasteiger partial charge is 0.375 e. The van der Waals surface area contributed by atoms with Crippen LogP contribution < -0.4 is 11.2 Å². The number of fused-ring (bicyclic) bond motifs is 1. The molecule has 0 aliphatic heterocycles. The summed E-state index contributed by atoms with van der Waals surface area (Å²) >= 11 is 4.68. The minimum absolute atomic E-state index is 0.150. The highest BCUT2D eigenvalue weighted by Gasteiger charge is 2.02. The third-order valence-electron chi connectivity index (χ3n) is 2.41. The summed E-state index contributed by atoms with van der Waals surface area (Å²) in [6.45, 7) is 2.02. The molecule has 17 heavy (non-hydrogen) atoms. The van der Waals surface area contributed by atoms with Crippen LogP contribution in [0.2, 0.25) is 0 Å². The van der Waals surface area contributed by atoms with E-state index in [9.17, 15) is 0 Å². The highest BCUT2D eigenvalue weighted by molar-refractivity contribution is 7.80. The van der Waals surface area contributed by atoms with Crippen molar-refractivity contribution in [2.24, 2.45) is 10.8 Å². The second-order valence-corrected chi connectivity index (χ2v) is 4.04. The number of nitrogens with one attached hydrogen (secondary N) is 1. The standard InChI is InChI=1S/C12H12N4S/c1-8-4-5-11-9(3-2-6-14-11)10(8)7-15-16-12(13)17/h2-7H,1H3,(H3,13,16,17). The van der Waals surface area contributed by atoms with Crippen molar-refractivity contribution in [2.45, 2.75) is 6.92 Å². The Morgan fingerprint density at radius 2 is 2.29 bits per heavy atom. The summed E-state index contributed by atoms with van der Waals surface area (Å²) < 4.78 is 0. The molecule has 0 saturated heterocycles. The maximum atomic E-state index is 5.30. The molecule has 1 aromatic heterocycles. The highest BCUT2D eigenvalue weighted by Crippen LogP contribution is 2.18. The van der Waals surface area contributed by atoms with Gasteiger partial charge < -0.3 is 5.73 Å². The summed E-state index contributed by atoms with van der Waals surface area (Å²) in [6, 6.07) is 7.91. The number of hydrogen-bond acceptors (Lipinski definition) is 3. The van der Waals surface area contributed by atoms with Gasteiger partial charge >= 0.3 is 0 Å². The van der Waals surface area contributed by atoms with Gasteiger partial charge in [0.05, 0.1) is 11.7 Å². The van der Waals surface area contributed by atoms with Crippen molar-refractivity contribution >= 4 is 34.4 Å². The number of nitrogens with zero attached hydrogens (tertiary/aromatic N) is 2. The molecule has 0 atom stereocenters. The van der Waals surface area contributed by atoms with E-state index in [1.165, 1.54) is 0 Å². The first-order valence-electron chi connectivity index (χ1n) is 5.11. The van der Waals surface area contributed by atoms with Crippen molar-refractivity contribution in [3.05, 3.63) is 41.6 Å². The topological polar surface area (TPSA) is 63.3 Å². The molecule has 4 nitrogen and oxygen atoms in total. The van der Waals surface area contributed by atoms with Crippen molar-refractivity contribution in [2.75, 3.05) is 0 Å². The van der Waals surface area contributed by atoms with E-state index in [1.807, 2.05) is 31.2 Å². The minimum Gasteiger partial charge on any atom is -0.375 e. The van der Waals surface area contributed by atoms with Crippen LogP contribution in [-0.2, 0) is 0 Å². The first-order chi connectivity index (χ1) is 8.18. The van der Waals surface area contributed by atoms with Crippen molar-refractivity contribution in [3.8, 4) is 0 Å². The van der Waals surface area contributed by atoms with Gasteiger partial charge in [0.1, 0.15) is 0 Å². The van der Waals surface area contributed by atoms with Gasteiger partial charge in [0.2, 0.25) is 0 Å². The zero-order valence-electron chi connectivity index (χ0n) is 9.34. The molecule has 5 heteroatoms. The fourth-order valence-electron chi connectivity index (χ4n) is 1.62. The van der Waals surface area contributed by atoms with Gasteiger partial charge in [-0.25, -0.2) is 0 Å². The molecule has 3 N–H and O–H groups in total. The quantitative estimate of drug-likeness (QED) is 0.479. The van der Waals surface area contributed by atoms with Gasteiger partial charge in [-0.05, 0) is 36.8 Å². The summed E-state index contributed by atoms with van der Waals surface area (Å²) in [4.78, 5) is 4.29. The zero-order chi connectivity index (χ0) is 12.3. The lowest BCUT2D eigenvalue weighted by Crippen LogP contribution is -2.24. The predicted octanol–water partition coefficient (Wildman–Crippen LogP) is 1.71. The van der Waals surface area contributed by atoms with Crippen LogP contribution in [0.3, 0.4) is 0 Å².